The summed E-state index contributed by atoms with van der Waals surface area (Å²) in [6.07, 6.45) is 13.7. The van der Waals surface area contributed by atoms with Crippen LogP contribution in [0.15, 0.2) is 25.3 Å². The third-order valence-electron chi connectivity index (χ3n) is 7.02. The lowest BCUT2D eigenvalue weighted by molar-refractivity contribution is -0.147. The van der Waals surface area contributed by atoms with E-state index in [4.69, 9.17) is 4.74 Å². The van der Waals surface area contributed by atoms with Crippen molar-refractivity contribution in [2.45, 2.75) is 101 Å². The van der Waals surface area contributed by atoms with Gasteiger partial charge in [-0.25, -0.2) is 0 Å². The summed E-state index contributed by atoms with van der Waals surface area (Å²) < 4.78 is 5.54. The normalized spacial score (nSPS) is 19.4. The maximum atomic E-state index is 13.2. The lowest BCUT2D eigenvalue weighted by atomic mass is 9.93. The standard InChI is InChI=1S/C26H42N2O5/c1-3-5-6-7-13-23(31)33-20-26(16-10-11-17-26)28-24(32)21(12-4-2)18-22(30)27-25(19-29)14-8-9-15-25/h3-4,21,29H,1-2,5-20H2,(H,27,30)(H,28,32). The summed E-state index contributed by atoms with van der Waals surface area (Å²) >= 11 is 0. The molecule has 33 heavy (non-hydrogen) atoms. The van der Waals surface area contributed by atoms with Crippen molar-refractivity contribution in [1.29, 1.82) is 0 Å². The SMILES string of the molecule is C=CCCCCC(=O)OCC1(NC(=O)C(CC=C)CC(=O)NC2(CO)CCCC2)CCCC1. The molecule has 7 heteroatoms. The summed E-state index contributed by atoms with van der Waals surface area (Å²) in [4.78, 5) is 38.0. The van der Waals surface area contributed by atoms with Gasteiger partial charge in [0.05, 0.1) is 23.6 Å². The topological polar surface area (TPSA) is 105 Å². The number of amides is 2. The highest BCUT2D eigenvalue weighted by atomic mass is 16.5. The van der Waals surface area contributed by atoms with Crippen molar-refractivity contribution in [3.05, 3.63) is 25.3 Å². The van der Waals surface area contributed by atoms with E-state index in [1.165, 1.54) is 0 Å². The smallest absolute Gasteiger partial charge is 0.305 e. The molecule has 0 spiro atoms. The summed E-state index contributed by atoms with van der Waals surface area (Å²) in [5.74, 6) is -1.22. The van der Waals surface area contributed by atoms with Gasteiger partial charge in [-0.1, -0.05) is 37.8 Å². The Labute approximate surface area is 198 Å². The van der Waals surface area contributed by atoms with Gasteiger partial charge in [0.1, 0.15) is 6.61 Å². The molecule has 2 aliphatic rings. The predicted molar refractivity (Wildman–Crippen MR) is 128 cm³/mol. The number of hydrogen-bond donors (Lipinski definition) is 3. The van der Waals surface area contributed by atoms with Gasteiger partial charge in [0, 0.05) is 12.8 Å². The molecule has 2 fully saturated rings. The Morgan fingerprint density at radius 1 is 0.939 bits per heavy atom. The van der Waals surface area contributed by atoms with E-state index < -0.39 is 17.0 Å². The zero-order valence-corrected chi connectivity index (χ0v) is 20.0. The Balaban J connectivity index is 1.92. The Morgan fingerprint density at radius 3 is 2.15 bits per heavy atom. The lowest BCUT2D eigenvalue weighted by Crippen LogP contribution is -2.53. The van der Waals surface area contributed by atoms with Gasteiger partial charge in [0.15, 0.2) is 0 Å². The fraction of sp³-hybridized carbons (Fsp3) is 0.731. The van der Waals surface area contributed by atoms with Crippen molar-refractivity contribution in [3.8, 4) is 0 Å². The third kappa shape index (κ3) is 8.61. The highest BCUT2D eigenvalue weighted by Crippen LogP contribution is 2.32. The number of aliphatic hydroxyl groups excluding tert-OH is 1. The van der Waals surface area contributed by atoms with Gasteiger partial charge in [-0.15, -0.1) is 13.2 Å². The van der Waals surface area contributed by atoms with Gasteiger partial charge in [0.25, 0.3) is 0 Å². The van der Waals surface area contributed by atoms with Crippen LogP contribution in [-0.2, 0) is 19.1 Å². The molecule has 1 atom stereocenters. The average molecular weight is 463 g/mol. The number of unbranched alkanes of at least 4 members (excludes halogenated alkanes) is 2. The Kier molecular flexibility index (Phi) is 11.1. The van der Waals surface area contributed by atoms with Crippen LogP contribution in [0.3, 0.4) is 0 Å². The molecule has 2 saturated carbocycles. The number of allylic oxidation sites excluding steroid dienone is 2. The van der Waals surface area contributed by atoms with Gasteiger partial charge in [-0.2, -0.15) is 0 Å². The summed E-state index contributed by atoms with van der Waals surface area (Å²) in [6, 6.07) is 0. The number of carbonyl (C=O) groups excluding carboxylic acids is 3. The first-order chi connectivity index (χ1) is 15.9. The lowest BCUT2D eigenvalue weighted by Gasteiger charge is -2.32. The maximum absolute atomic E-state index is 13.2. The Morgan fingerprint density at radius 2 is 1.58 bits per heavy atom. The zero-order valence-electron chi connectivity index (χ0n) is 20.0. The monoisotopic (exact) mass is 462 g/mol. The number of rotatable bonds is 15. The molecule has 186 valence electrons. The molecule has 0 aromatic carbocycles. The van der Waals surface area contributed by atoms with Gasteiger partial charge in [0.2, 0.25) is 11.8 Å². The molecule has 3 N–H and O–H groups in total. The van der Waals surface area contributed by atoms with E-state index in [0.29, 0.717) is 12.8 Å². The molecular formula is C26H42N2O5. The number of ether oxygens (including phenoxy) is 1. The second kappa shape index (κ2) is 13.5. The average Bonchev–Trinajstić information content (AvgIpc) is 3.45. The van der Waals surface area contributed by atoms with Crippen LogP contribution in [0.4, 0.5) is 0 Å². The van der Waals surface area contributed by atoms with Gasteiger partial charge in [-0.05, 0) is 51.4 Å². The van der Waals surface area contributed by atoms with Crippen molar-refractivity contribution in [1.82, 2.24) is 10.6 Å². The van der Waals surface area contributed by atoms with E-state index in [0.717, 1.165) is 70.6 Å². The molecule has 0 heterocycles. The molecule has 0 aliphatic heterocycles. The third-order valence-corrected chi connectivity index (χ3v) is 7.02. The van der Waals surface area contributed by atoms with Crippen molar-refractivity contribution >= 4 is 17.8 Å². The van der Waals surface area contributed by atoms with Crippen LogP contribution in [0.25, 0.3) is 0 Å². The van der Waals surface area contributed by atoms with Gasteiger partial charge < -0.3 is 20.5 Å². The van der Waals surface area contributed by atoms with Crippen LogP contribution < -0.4 is 10.6 Å². The largest absolute Gasteiger partial charge is 0.463 e. The van der Waals surface area contributed by atoms with Crippen molar-refractivity contribution in [2.75, 3.05) is 13.2 Å². The van der Waals surface area contributed by atoms with Crippen LogP contribution in [0.1, 0.15) is 89.9 Å². The molecule has 0 bridgehead atoms. The summed E-state index contributed by atoms with van der Waals surface area (Å²) in [6.45, 7) is 7.51. The minimum atomic E-state index is -0.568. The first kappa shape index (κ1) is 27.1. The second-order valence-electron chi connectivity index (χ2n) is 9.79. The molecule has 7 nitrogen and oxygen atoms in total. The number of esters is 1. The summed E-state index contributed by atoms with van der Waals surface area (Å²) in [7, 11) is 0. The number of carbonyl (C=O) groups is 3. The van der Waals surface area contributed by atoms with E-state index >= 15 is 0 Å². The fourth-order valence-electron chi connectivity index (χ4n) is 5.00. The van der Waals surface area contributed by atoms with Gasteiger partial charge in [-0.3, -0.25) is 14.4 Å². The van der Waals surface area contributed by atoms with Crippen molar-refractivity contribution in [3.63, 3.8) is 0 Å². The van der Waals surface area contributed by atoms with E-state index in [1.807, 2.05) is 6.08 Å². The highest BCUT2D eigenvalue weighted by Gasteiger charge is 2.39. The minimum Gasteiger partial charge on any atom is -0.463 e. The fourth-order valence-corrected chi connectivity index (χ4v) is 5.00. The van der Waals surface area contributed by atoms with Gasteiger partial charge >= 0.3 is 5.97 Å². The molecule has 2 amide bonds. The molecule has 0 saturated heterocycles. The Hall–Kier alpha value is -2.15. The Bertz CT molecular complexity index is 678. The van der Waals surface area contributed by atoms with E-state index in [9.17, 15) is 19.5 Å². The second-order valence-corrected chi connectivity index (χ2v) is 9.79. The van der Waals surface area contributed by atoms with E-state index in [1.54, 1.807) is 6.08 Å². The molecular weight excluding hydrogens is 420 g/mol. The predicted octanol–water partition coefficient (Wildman–Crippen LogP) is 3.71. The number of hydrogen-bond acceptors (Lipinski definition) is 5. The zero-order chi connectivity index (χ0) is 24.2. The molecule has 1 unspecified atom stereocenters. The van der Waals surface area contributed by atoms with Crippen LogP contribution >= 0.6 is 0 Å². The van der Waals surface area contributed by atoms with E-state index in [-0.39, 0.29) is 37.4 Å². The first-order valence-electron chi connectivity index (χ1n) is 12.5. The van der Waals surface area contributed by atoms with Crippen molar-refractivity contribution in [2.24, 2.45) is 5.92 Å². The number of nitrogens with one attached hydrogen (secondary N) is 2. The molecule has 0 aromatic heterocycles. The minimum absolute atomic E-state index is 0.0405. The van der Waals surface area contributed by atoms with Crippen LogP contribution in [0, 0.1) is 5.92 Å². The molecule has 2 aliphatic carbocycles. The summed E-state index contributed by atoms with van der Waals surface area (Å²) in [5, 5.41) is 15.9. The summed E-state index contributed by atoms with van der Waals surface area (Å²) in [5.41, 5.74) is -1.12. The quantitative estimate of drug-likeness (QED) is 0.195. The van der Waals surface area contributed by atoms with Crippen LogP contribution in [0.2, 0.25) is 0 Å². The van der Waals surface area contributed by atoms with Crippen LogP contribution in [-0.4, -0.2) is 47.2 Å². The highest BCUT2D eigenvalue weighted by molar-refractivity contribution is 5.86. The first-order valence-corrected chi connectivity index (χ1v) is 12.5. The molecule has 2 rings (SSSR count). The molecule has 0 aromatic rings. The number of aliphatic hydroxyl groups is 1. The van der Waals surface area contributed by atoms with Crippen molar-refractivity contribution < 1.29 is 24.2 Å². The van der Waals surface area contributed by atoms with E-state index in [2.05, 4.69) is 23.8 Å². The molecule has 0 radical (unpaired) electrons. The maximum Gasteiger partial charge on any atom is 0.305 e. The van der Waals surface area contributed by atoms with Crippen LogP contribution in [0.5, 0.6) is 0 Å².